The molecule has 2 aromatic carbocycles. The Morgan fingerprint density at radius 3 is 2.36 bits per heavy atom. The fourth-order valence-electron chi connectivity index (χ4n) is 2.64. The lowest BCUT2D eigenvalue weighted by Gasteiger charge is -2.13. The number of methoxy groups -OCH3 is 3. The van der Waals surface area contributed by atoms with Crippen LogP contribution in [0.3, 0.4) is 0 Å². The molecule has 0 saturated carbocycles. The fraction of sp³-hybridized carbons (Fsp3) is 0.167. The van der Waals surface area contributed by atoms with E-state index in [0.29, 0.717) is 11.5 Å². The van der Waals surface area contributed by atoms with Gasteiger partial charge in [-0.15, -0.1) is 0 Å². The van der Waals surface area contributed by atoms with Crippen molar-refractivity contribution in [1.82, 2.24) is 0 Å². The van der Waals surface area contributed by atoms with Gasteiger partial charge in [0, 0.05) is 17.7 Å². The molecule has 25 heavy (non-hydrogen) atoms. The van der Waals surface area contributed by atoms with Crippen molar-refractivity contribution in [2.24, 2.45) is 0 Å². The zero-order valence-electron chi connectivity index (χ0n) is 13.8. The van der Waals surface area contributed by atoms with Gasteiger partial charge in [0.1, 0.15) is 28.7 Å². The maximum absolute atomic E-state index is 12.8. The summed E-state index contributed by atoms with van der Waals surface area (Å²) in [6.07, 6.45) is 1.21. The Hall–Kier alpha value is -3.35. The molecule has 0 aliphatic heterocycles. The standard InChI is InChI=1S/C18H16O7/c1-22-9-6-12(19)15-14(7-9)25-8-11(16(15)20)10-4-5-13(23-2)18(24-3)17(10)21/h4-8,19,21H,1-3H3. The van der Waals surface area contributed by atoms with Crippen LogP contribution in [0.5, 0.6) is 28.7 Å². The molecule has 0 aliphatic rings. The number of hydrogen-bond acceptors (Lipinski definition) is 7. The van der Waals surface area contributed by atoms with E-state index in [9.17, 15) is 15.0 Å². The number of aromatic hydroxyl groups is 2. The first-order chi connectivity index (χ1) is 12.0. The second-order valence-electron chi connectivity index (χ2n) is 5.20. The number of fused-ring (bicyclic) bond motifs is 1. The molecule has 1 heterocycles. The first kappa shape index (κ1) is 16.5. The van der Waals surface area contributed by atoms with E-state index in [1.807, 2.05) is 0 Å². The van der Waals surface area contributed by atoms with Crippen LogP contribution in [0.25, 0.3) is 22.1 Å². The third-order valence-corrected chi connectivity index (χ3v) is 3.88. The molecular formula is C18H16O7. The van der Waals surface area contributed by atoms with Crippen molar-refractivity contribution >= 4 is 11.0 Å². The van der Waals surface area contributed by atoms with Crippen molar-refractivity contribution < 1.29 is 28.8 Å². The minimum absolute atomic E-state index is 0.00696. The van der Waals surface area contributed by atoms with Gasteiger partial charge in [-0.1, -0.05) is 0 Å². The Labute approximate surface area is 142 Å². The van der Waals surface area contributed by atoms with Crippen LogP contribution in [0.4, 0.5) is 0 Å². The summed E-state index contributed by atoms with van der Waals surface area (Å²) in [7, 11) is 4.25. The summed E-state index contributed by atoms with van der Waals surface area (Å²) in [6, 6.07) is 5.88. The summed E-state index contributed by atoms with van der Waals surface area (Å²) in [4.78, 5) is 12.8. The van der Waals surface area contributed by atoms with Crippen LogP contribution in [-0.4, -0.2) is 31.5 Å². The average Bonchev–Trinajstić information content (AvgIpc) is 2.61. The van der Waals surface area contributed by atoms with Crippen molar-refractivity contribution in [2.75, 3.05) is 21.3 Å². The Morgan fingerprint density at radius 2 is 1.72 bits per heavy atom. The van der Waals surface area contributed by atoms with Crippen molar-refractivity contribution in [1.29, 1.82) is 0 Å². The molecule has 0 unspecified atom stereocenters. The van der Waals surface area contributed by atoms with Gasteiger partial charge in [-0.2, -0.15) is 0 Å². The van der Waals surface area contributed by atoms with Gasteiger partial charge in [0.25, 0.3) is 0 Å². The molecule has 0 amide bonds. The summed E-state index contributed by atoms with van der Waals surface area (Å²) in [5, 5.41) is 20.6. The highest BCUT2D eigenvalue weighted by molar-refractivity contribution is 5.89. The first-order valence-electron chi connectivity index (χ1n) is 7.28. The summed E-state index contributed by atoms with van der Waals surface area (Å²) in [5.74, 6) is 0.237. The third-order valence-electron chi connectivity index (χ3n) is 3.88. The van der Waals surface area contributed by atoms with E-state index in [4.69, 9.17) is 18.6 Å². The zero-order valence-corrected chi connectivity index (χ0v) is 13.8. The topological polar surface area (TPSA) is 98.4 Å². The van der Waals surface area contributed by atoms with E-state index in [-0.39, 0.29) is 39.3 Å². The molecule has 7 nitrogen and oxygen atoms in total. The van der Waals surface area contributed by atoms with Crippen LogP contribution in [0, 0.1) is 0 Å². The molecule has 130 valence electrons. The molecule has 1 aromatic heterocycles. The van der Waals surface area contributed by atoms with E-state index in [1.54, 1.807) is 6.07 Å². The third kappa shape index (κ3) is 2.59. The lowest BCUT2D eigenvalue weighted by molar-refractivity contribution is 0.333. The zero-order chi connectivity index (χ0) is 18.1. The van der Waals surface area contributed by atoms with Gasteiger partial charge >= 0.3 is 0 Å². The fourth-order valence-corrected chi connectivity index (χ4v) is 2.64. The van der Waals surface area contributed by atoms with Crippen molar-refractivity contribution in [3.63, 3.8) is 0 Å². The van der Waals surface area contributed by atoms with Crippen LogP contribution in [0.1, 0.15) is 0 Å². The van der Waals surface area contributed by atoms with Gasteiger partial charge in [0.05, 0.1) is 26.9 Å². The molecule has 3 aromatic rings. The monoisotopic (exact) mass is 344 g/mol. The first-order valence-corrected chi connectivity index (χ1v) is 7.28. The minimum Gasteiger partial charge on any atom is -0.507 e. The lowest BCUT2D eigenvalue weighted by Crippen LogP contribution is -2.06. The minimum atomic E-state index is -0.496. The highest BCUT2D eigenvalue weighted by Gasteiger charge is 2.20. The maximum atomic E-state index is 12.8. The van der Waals surface area contributed by atoms with Crippen LogP contribution < -0.4 is 19.6 Å². The van der Waals surface area contributed by atoms with Gasteiger partial charge in [-0.05, 0) is 12.1 Å². The van der Waals surface area contributed by atoms with Gasteiger partial charge in [-0.3, -0.25) is 4.79 Å². The number of rotatable bonds is 4. The predicted molar refractivity (Wildman–Crippen MR) is 90.9 cm³/mol. The van der Waals surface area contributed by atoms with Crippen LogP contribution >= 0.6 is 0 Å². The second kappa shape index (κ2) is 6.27. The molecule has 0 spiro atoms. The van der Waals surface area contributed by atoms with E-state index in [1.165, 1.54) is 45.8 Å². The number of phenolic OH excluding ortho intramolecular Hbond substituents is 2. The predicted octanol–water partition coefficient (Wildman–Crippen LogP) is 2.90. The SMILES string of the molecule is COc1cc(O)c2c(=O)c(-c3ccc(OC)c(OC)c3O)coc2c1. The molecule has 0 saturated heterocycles. The number of phenols is 2. The van der Waals surface area contributed by atoms with Crippen LogP contribution in [0.15, 0.2) is 39.7 Å². The van der Waals surface area contributed by atoms with Crippen molar-refractivity contribution in [3.05, 3.63) is 40.8 Å². The molecule has 0 atom stereocenters. The average molecular weight is 344 g/mol. The molecule has 0 bridgehead atoms. The van der Waals surface area contributed by atoms with Gasteiger partial charge in [-0.25, -0.2) is 0 Å². The Morgan fingerprint density at radius 1 is 0.960 bits per heavy atom. The molecular weight excluding hydrogens is 328 g/mol. The van der Waals surface area contributed by atoms with E-state index in [2.05, 4.69) is 0 Å². The van der Waals surface area contributed by atoms with Gasteiger partial charge in [0.2, 0.25) is 11.2 Å². The molecule has 0 radical (unpaired) electrons. The number of hydrogen-bond donors (Lipinski definition) is 2. The molecule has 0 fully saturated rings. The summed E-state index contributed by atoms with van der Waals surface area (Å²) in [6.45, 7) is 0. The van der Waals surface area contributed by atoms with Gasteiger partial charge in [0.15, 0.2) is 11.5 Å². The smallest absolute Gasteiger partial charge is 0.204 e. The summed E-state index contributed by atoms with van der Waals surface area (Å²) < 4.78 is 20.8. The van der Waals surface area contributed by atoms with Crippen LogP contribution in [0.2, 0.25) is 0 Å². The van der Waals surface area contributed by atoms with Crippen LogP contribution in [-0.2, 0) is 0 Å². The Bertz CT molecular complexity index is 1000. The number of benzene rings is 2. The van der Waals surface area contributed by atoms with Crippen molar-refractivity contribution in [3.8, 4) is 39.9 Å². The molecule has 3 rings (SSSR count). The van der Waals surface area contributed by atoms with Gasteiger partial charge < -0.3 is 28.8 Å². The number of ether oxygens (including phenoxy) is 3. The highest BCUT2D eigenvalue weighted by Crippen LogP contribution is 2.43. The Balaban J connectivity index is 2.29. The second-order valence-corrected chi connectivity index (χ2v) is 5.20. The molecule has 7 heteroatoms. The summed E-state index contributed by atoms with van der Waals surface area (Å²) >= 11 is 0. The summed E-state index contributed by atoms with van der Waals surface area (Å²) in [5.41, 5.74) is -0.0515. The lowest BCUT2D eigenvalue weighted by atomic mass is 10.0. The largest absolute Gasteiger partial charge is 0.507 e. The molecule has 0 aliphatic carbocycles. The van der Waals surface area contributed by atoms with E-state index >= 15 is 0 Å². The molecule has 2 N–H and O–H groups in total. The van der Waals surface area contributed by atoms with E-state index < -0.39 is 5.43 Å². The van der Waals surface area contributed by atoms with Crippen molar-refractivity contribution in [2.45, 2.75) is 0 Å². The highest BCUT2D eigenvalue weighted by atomic mass is 16.5. The maximum Gasteiger partial charge on any atom is 0.204 e. The quantitative estimate of drug-likeness (QED) is 0.751. The Kier molecular flexibility index (Phi) is 4.14. The van der Waals surface area contributed by atoms with E-state index in [0.717, 1.165) is 0 Å². The normalized spacial score (nSPS) is 10.7.